The highest BCUT2D eigenvalue weighted by atomic mass is 16.6. The van der Waals surface area contributed by atoms with Crippen LogP contribution in [0.1, 0.15) is 72.6 Å². The summed E-state index contributed by atoms with van der Waals surface area (Å²) in [6, 6.07) is -0.770. The van der Waals surface area contributed by atoms with Crippen LogP contribution in [0.4, 0.5) is 4.79 Å². The second kappa shape index (κ2) is 9.39. The zero-order valence-corrected chi connectivity index (χ0v) is 17.2. The molecule has 0 radical (unpaired) electrons. The minimum atomic E-state index is -1.21. The van der Waals surface area contributed by atoms with E-state index in [0.717, 1.165) is 25.7 Å². The Morgan fingerprint density at radius 1 is 1.14 bits per heavy atom. The SMILES string of the molecule is CC(=O)OC(C(=O)NC1CC1)[C@H](C[C@@H]1CCCCC1=O)NC(=O)OC(C)(C)C. The molecule has 0 heterocycles. The Morgan fingerprint density at radius 2 is 1.82 bits per heavy atom. The Hall–Kier alpha value is -2.12. The number of rotatable bonds is 7. The predicted octanol–water partition coefficient (Wildman–Crippen LogP) is 2.24. The molecule has 2 aliphatic carbocycles. The molecule has 0 aliphatic heterocycles. The Labute approximate surface area is 166 Å². The second-order valence-corrected chi connectivity index (χ2v) is 8.71. The summed E-state index contributed by atoms with van der Waals surface area (Å²) in [5, 5.41) is 5.49. The number of hydrogen-bond donors (Lipinski definition) is 2. The third-order valence-corrected chi connectivity index (χ3v) is 4.76. The van der Waals surface area contributed by atoms with Crippen LogP contribution in [0, 0.1) is 5.92 Å². The molecule has 0 aromatic carbocycles. The largest absolute Gasteiger partial charge is 0.450 e. The lowest BCUT2D eigenvalue weighted by molar-refractivity contribution is -0.156. The summed E-state index contributed by atoms with van der Waals surface area (Å²) in [6.45, 7) is 6.41. The van der Waals surface area contributed by atoms with E-state index >= 15 is 0 Å². The smallest absolute Gasteiger partial charge is 0.408 e. The monoisotopic (exact) mass is 396 g/mol. The fourth-order valence-electron chi connectivity index (χ4n) is 3.34. The van der Waals surface area contributed by atoms with Crippen molar-refractivity contribution < 1.29 is 28.7 Å². The van der Waals surface area contributed by atoms with Gasteiger partial charge >= 0.3 is 12.1 Å². The molecular weight excluding hydrogens is 364 g/mol. The number of amides is 2. The van der Waals surface area contributed by atoms with Gasteiger partial charge in [0.25, 0.3) is 5.91 Å². The maximum absolute atomic E-state index is 12.7. The van der Waals surface area contributed by atoms with Gasteiger partial charge < -0.3 is 20.1 Å². The summed E-state index contributed by atoms with van der Waals surface area (Å²) in [5.74, 6) is -1.24. The number of hydrogen-bond acceptors (Lipinski definition) is 6. The first-order valence-electron chi connectivity index (χ1n) is 10.0. The lowest BCUT2D eigenvalue weighted by Gasteiger charge is -2.31. The molecule has 2 N–H and O–H groups in total. The highest BCUT2D eigenvalue weighted by molar-refractivity contribution is 5.86. The van der Waals surface area contributed by atoms with Crippen molar-refractivity contribution in [2.75, 3.05) is 0 Å². The van der Waals surface area contributed by atoms with Crippen LogP contribution < -0.4 is 10.6 Å². The molecule has 2 fully saturated rings. The summed E-state index contributed by atoms with van der Waals surface area (Å²) in [5.41, 5.74) is -0.720. The van der Waals surface area contributed by atoms with Gasteiger partial charge in [0.05, 0.1) is 6.04 Å². The molecule has 158 valence electrons. The van der Waals surface area contributed by atoms with Crippen molar-refractivity contribution in [1.82, 2.24) is 10.6 Å². The van der Waals surface area contributed by atoms with Crippen LogP contribution in [-0.4, -0.2) is 47.5 Å². The van der Waals surface area contributed by atoms with Gasteiger partial charge in [0, 0.05) is 25.3 Å². The highest BCUT2D eigenvalue weighted by Gasteiger charge is 2.39. The first-order valence-corrected chi connectivity index (χ1v) is 10.0. The van der Waals surface area contributed by atoms with E-state index in [0.29, 0.717) is 12.8 Å². The minimum absolute atomic E-state index is 0.0732. The lowest BCUT2D eigenvalue weighted by Crippen LogP contribution is -2.54. The van der Waals surface area contributed by atoms with Gasteiger partial charge in [-0.05, 0) is 52.9 Å². The number of esters is 1. The van der Waals surface area contributed by atoms with Crippen LogP contribution in [-0.2, 0) is 23.9 Å². The van der Waals surface area contributed by atoms with Crippen molar-refractivity contribution in [3.8, 4) is 0 Å². The molecule has 0 aromatic rings. The van der Waals surface area contributed by atoms with Crippen molar-refractivity contribution in [3.63, 3.8) is 0 Å². The van der Waals surface area contributed by atoms with Crippen LogP contribution in [0.5, 0.6) is 0 Å². The third kappa shape index (κ3) is 7.48. The summed E-state index contributed by atoms with van der Waals surface area (Å²) in [4.78, 5) is 49.0. The van der Waals surface area contributed by atoms with Gasteiger partial charge in [0.15, 0.2) is 6.10 Å². The molecule has 2 amide bonds. The lowest BCUT2D eigenvalue weighted by atomic mass is 9.82. The molecular formula is C20H32N2O6. The quantitative estimate of drug-likeness (QED) is 0.639. The van der Waals surface area contributed by atoms with E-state index in [-0.39, 0.29) is 24.2 Å². The number of ketones is 1. The zero-order chi connectivity index (χ0) is 20.9. The van der Waals surface area contributed by atoms with Gasteiger partial charge in [-0.25, -0.2) is 4.79 Å². The van der Waals surface area contributed by atoms with Crippen molar-refractivity contribution in [3.05, 3.63) is 0 Å². The molecule has 0 aromatic heterocycles. The minimum Gasteiger partial charge on any atom is -0.450 e. The van der Waals surface area contributed by atoms with E-state index < -0.39 is 35.7 Å². The maximum Gasteiger partial charge on any atom is 0.408 e. The molecule has 2 aliphatic rings. The standard InChI is InChI=1S/C20H32N2O6/c1-12(23)27-17(18(25)21-14-9-10-14)15(22-19(26)28-20(2,3)4)11-13-7-5-6-8-16(13)24/h13-15,17H,5-11H2,1-4H3,(H,21,25)(H,22,26)/t13-,15-,17?/m0/s1. The van der Waals surface area contributed by atoms with E-state index in [9.17, 15) is 19.2 Å². The van der Waals surface area contributed by atoms with Gasteiger partial charge in [-0.15, -0.1) is 0 Å². The zero-order valence-electron chi connectivity index (χ0n) is 17.2. The predicted molar refractivity (Wildman–Crippen MR) is 101 cm³/mol. The first kappa shape index (κ1) is 22.2. The van der Waals surface area contributed by atoms with Crippen molar-refractivity contribution >= 4 is 23.8 Å². The molecule has 2 saturated carbocycles. The Morgan fingerprint density at radius 3 is 2.36 bits per heavy atom. The number of carbonyl (C=O) groups excluding carboxylic acids is 4. The summed E-state index contributed by atoms with van der Waals surface area (Å²) in [6.07, 6.45) is 3.04. The van der Waals surface area contributed by atoms with Crippen LogP contribution in [0.15, 0.2) is 0 Å². The summed E-state index contributed by atoms with van der Waals surface area (Å²) >= 11 is 0. The van der Waals surface area contributed by atoms with Gasteiger partial charge in [-0.3, -0.25) is 14.4 Å². The van der Waals surface area contributed by atoms with E-state index in [1.807, 2.05) is 0 Å². The van der Waals surface area contributed by atoms with Crippen molar-refractivity contribution in [2.45, 2.75) is 96.4 Å². The number of carbonyl (C=O) groups is 4. The van der Waals surface area contributed by atoms with Crippen LogP contribution in [0.25, 0.3) is 0 Å². The normalized spacial score (nSPS) is 22.0. The molecule has 0 spiro atoms. The molecule has 8 heteroatoms. The number of nitrogens with one attached hydrogen (secondary N) is 2. The Kier molecular flexibility index (Phi) is 7.43. The Bertz CT molecular complexity index is 608. The number of Topliss-reactive ketones (excluding diaryl/α,β-unsaturated/α-hetero) is 1. The molecule has 0 saturated heterocycles. The number of ether oxygens (including phenoxy) is 2. The van der Waals surface area contributed by atoms with Gasteiger partial charge in [0.2, 0.25) is 0 Å². The fraction of sp³-hybridized carbons (Fsp3) is 0.800. The summed E-state index contributed by atoms with van der Waals surface area (Å²) < 4.78 is 10.6. The molecule has 1 unspecified atom stereocenters. The maximum atomic E-state index is 12.7. The highest BCUT2D eigenvalue weighted by Crippen LogP contribution is 2.27. The van der Waals surface area contributed by atoms with Crippen molar-refractivity contribution in [1.29, 1.82) is 0 Å². The van der Waals surface area contributed by atoms with Gasteiger partial charge in [-0.1, -0.05) is 6.42 Å². The van der Waals surface area contributed by atoms with E-state index in [1.165, 1.54) is 6.92 Å². The average Bonchev–Trinajstić information content (AvgIpc) is 3.36. The molecule has 8 nitrogen and oxygen atoms in total. The second-order valence-electron chi connectivity index (χ2n) is 8.71. The Balaban J connectivity index is 2.17. The van der Waals surface area contributed by atoms with Gasteiger partial charge in [0.1, 0.15) is 11.4 Å². The average molecular weight is 396 g/mol. The molecule has 3 atom stereocenters. The summed E-state index contributed by atoms with van der Waals surface area (Å²) in [7, 11) is 0. The molecule has 0 bridgehead atoms. The van der Waals surface area contributed by atoms with Crippen molar-refractivity contribution in [2.24, 2.45) is 5.92 Å². The van der Waals surface area contributed by atoms with Crippen LogP contribution in [0.3, 0.4) is 0 Å². The molecule has 2 rings (SSSR count). The van der Waals surface area contributed by atoms with Crippen LogP contribution in [0.2, 0.25) is 0 Å². The number of alkyl carbamates (subject to hydrolysis) is 1. The fourth-order valence-corrected chi connectivity index (χ4v) is 3.34. The third-order valence-electron chi connectivity index (χ3n) is 4.76. The van der Waals surface area contributed by atoms with E-state index in [4.69, 9.17) is 9.47 Å². The first-order chi connectivity index (χ1) is 13.0. The van der Waals surface area contributed by atoms with E-state index in [1.54, 1.807) is 20.8 Å². The van der Waals surface area contributed by atoms with Gasteiger partial charge in [-0.2, -0.15) is 0 Å². The van der Waals surface area contributed by atoms with Crippen LogP contribution >= 0.6 is 0 Å². The van der Waals surface area contributed by atoms with E-state index in [2.05, 4.69) is 10.6 Å². The molecule has 28 heavy (non-hydrogen) atoms. The topological polar surface area (TPSA) is 111 Å².